The molecule has 1 atom stereocenters. The molecule has 0 N–H and O–H groups in total. The van der Waals surface area contributed by atoms with Crippen molar-refractivity contribution in [1.29, 1.82) is 0 Å². The molecule has 5 nitrogen and oxygen atoms in total. The maximum atomic E-state index is 12.0. The predicted molar refractivity (Wildman–Crippen MR) is 93.5 cm³/mol. The summed E-state index contributed by atoms with van der Waals surface area (Å²) in [6.45, 7) is 12.9. The summed E-state index contributed by atoms with van der Waals surface area (Å²) in [6.07, 6.45) is 4.20. The Hall–Kier alpha value is -0.650. The van der Waals surface area contributed by atoms with Crippen molar-refractivity contribution in [3.8, 4) is 0 Å². The highest BCUT2D eigenvalue weighted by molar-refractivity contribution is 5.76. The summed E-state index contributed by atoms with van der Waals surface area (Å²) in [6, 6.07) is 1.86. The lowest BCUT2D eigenvalue weighted by Crippen LogP contribution is -2.64. The molecule has 3 rings (SSSR count). The molecule has 3 aliphatic heterocycles. The van der Waals surface area contributed by atoms with E-state index in [1.54, 1.807) is 0 Å². The van der Waals surface area contributed by atoms with E-state index in [2.05, 4.69) is 28.5 Å². The zero-order valence-corrected chi connectivity index (χ0v) is 15.2. The first-order valence-electron chi connectivity index (χ1n) is 9.50. The van der Waals surface area contributed by atoms with Gasteiger partial charge in [0.25, 0.3) is 0 Å². The molecule has 1 unspecified atom stereocenters. The van der Waals surface area contributed by atoms with Crippen LogP contribution in [0.1, 0.15) is 39.5 Å². The number of nitrogens with zero attached hydrogens (tertiary/aromatic N) is 4. The molecule has 0 aliphatic carbocycles. The van der Waals surface area contributed by atoms with Crippen molar-refractivity contribution in [2.24, 2.45) is 0 Å². The molecule has 1 amide bonds. The fourth-order valence-corrected chi connectivity index (χ4v) is 4.28. The van der Waals surface area contributed by atoms with Gasteiger partial charge in [0.2, 0.25) is 5.91 Å². The minimum atomic E-state index is 0.342. The number of carbonyl (C=O) groups is 1. The molecule has 0 radical (unpaired) electrons. The third-order valence-electron chi connectivity index (χ3n) is 6.12. The van der Waals surface area contributed by atoms with Gasteiger partial charge in [0, 0.05) is 77.4 Å². The molecular weight excluding hydrogens is 288 g/mol. The van der Waals surface area contributed by atoms with Crippen LogP contribution in [-0.2, 0) is 4.79 Å². The summed E-state index contributed by atoms with van der Waals surface area (Å²) in [5.74, 6) is 0.342. The molecule has 3 saturated heterocycles. The second-order valence-electron chi connectivity index (χ2n) is 7.94. The van der Waals surface area contributed by atoms with Gasteiger partial charge >= 0.3 is 0 Å². The fraction of sp³-hybridized carbons (Fsp3) is 0.944. The number of amides is 1. The normalized spacial score (nSPS) is 29.8. The molecule has 0 aromatic carbocycles. The van der Waals surface area contributed by atoms with Crippen LogP contribution in [0, 0.1) is 0 Å². The van der Waals surface area contributed by atoms with Crippen LogP contribution in [0.15, 0.2) is 0 Å². The monoisotopic (exact) mass is 322 g/mol. The molecule has 0 spiro atoms. The number of likely N-dealkylation sites (N-methyl/N-ethyl adjacent to an activating group) is 1. The predicted octanol–water partition coefficient (Wildman–Crippen LogP) is 1.10. The lowest BCUT2D eigenvalue weighted by Gasteiger charge is -2.50. The van der Waals surface area contributed by atoms with E-state index in [0.29, 0.717) is 18.0 Å². The van der Waals surface area contributed by atoms with Crippen LogP contribution >= 0.6 is 0 Å². The van der Waals surface area contributed by atoms with Crippen molar-refractivity contribution in [2.75, 3.05) is 52.9 Å². The third-order valence-corrected chi connectivity index (χ3v) is 6.12. The van der Waals surface area contributed by atoms with E-state index < -0.39 is 0 Å². The molecule has 132 valence electrons. The second kappa shape index (κ2) is 7.49. The average molecular weight is 322 g/mol. The van der Waals surface area contributed by atoms with E-state index in [9.17, 15) is 4.79 Å². The lowest BCUT2D eigenvalue weighted by atomic mass is 10.0. The van der Waals surface area contributed by atoms with Gasteiger partial charge in [-0.3, -0.25) is 19.5 Å². The fourth-order valence-electron chi connectivity index (χ4n) is 4.28. The van der Waals surface area contributed by atoms with Crippen molar-refractivity contribution in [1.82, 2.24) is 19.6 Å². The Morgan fingerprint density at radius 1 is 1.09 bits per heavy atom. The molecule has 3 heterocycles. The highest BCUT2D eigenvalue weighted by Crippen LogP contribution is 2.22. The summed E-state index contributed by atoms with van der Waals surface area (Å²) in [5, 5.41) is 0. The highest BCUT2D eigenvalue weighted by Gasteiger charge is 2.35. The van der Waals surface area contributed by atoms with Crippen LogP contribution in [0.25, 0.3) is 0 Å². The largest absolute Gasteiger partial charge is 0.341 e. The highest BCUT2D eigenvalue weighted by atomic mass is 16.2. The Kier molecular flexibility index (Phi) is 5.60. The van der Waals surface area contributed by atoms with Crippen LogP contribution in [0.5, 0.6) is 0 Å². The van der Waals surface area contributed by atoms with Gasteiger partial charge in [-0.25, -0.2) is 0 Å². The first kappa shape index (κ1) is 17.2. The molecule has 5 heteroatoms. The summed E-state index contributed by atoms with van der Waals surface area (Å²) >= 11 is 0. The quantitative estimate of drug-likeness (QED) is 0.775. The van der Waals surface area contributed by atoms with E-state index in [1.165, 1.54) is 52.1 Å². The SMILES string of the molecule is CC(C)N1CCN(C2CN(CC3CCCCC(=O)N3C)C2)CC1. The van der Waals surface area contributed by atoms with Crippen LogP contribution in [-0.4, -0.2) is 96.5 Å². The Labute approximate surface area is 141 Å². The molecule has 0 saturated carbocycles. The summed E-state index contributed by atoms with van der Waals surface area (Å²) in [4.78, 5) is 21.8. The van der Waals surface area contributed by atoms with Crippen LogP contribution in [0.2, 0.25) is 0 Å². The Morgan fingerprint density at radius 2 is 1.78 bits per heavy atom. The first-order chi connectivity index (χ1) is 11.0. The van der Waals surface area contributed by atoms with Gasteiger partial charge in [0.05, 0.1) is 0 Å². The Balaban J connectivity index is 1.40. The van der Waals surface area contributed by atoms with Crippen molar-refractivity contribution < 1.29 is 4.79 Å². The van der Waals surface area contributed by atoms with Crippen LogP contribution in [0.3, 0.4) is 0 Å². The van der Waals surface area contributed by atoms with Gasteiger partial charge < -0.3 is 4.90 Å². The zero-order valence-electron chi connectivity index (χ0n) is 15.2. The first-order valence-corrected chi connectivity index (χ1v) is 9.50. The van der Waals surface area contributed by atoms with Crippen molar-refractivity contribution in [3.63, 3.8) is 0 Å². The lowest BCUT2D eigenvalue weighted by molar-refractivity contribution is -0.132. The van der Waals surface area contributed by atoms with Gasteiger partial charge in [-0.2, -0.15) is 0 Å². The topological polar surface area (TPSA) is 30.0 Å². The minimum absolute atomic E-state index is 0.342. The Bertz CT molecular complexity index is 400. The number of carbonyl (C=O) groups excluding carboxylic acids is 1. The molecule has 0 aromatic heterocycles. The van der Waals surface area contributed by atoms with Crippen molar-refractivity contribution in [3.05, 3.63) is 0 Å². The van der Waals surface area contributed by atoms with Gasteiger partial charge in [0.15, 0.2) is 0 Å². The van der Waals surface area contributed by atoms with Crippen molar-refractivity contribution in [2.45, 2.75) is 57.7 Å². The average Bonchev–Trinajstić information content (AvgIpc) is 2.66. The molecule has 0 aromatic rings. The van der Waals surface area contributed by atoms with Crippen LogP contribution < -0.4 is 0 Å². The number of rotatable bonds is 4. The molecular formula is C18H34N4O. The summed E-state index contributed by atoms with van der Waals surface area (Å²) in [7, 11) is 2.00. The van der Waals surface area contributed by atoms with E-state index >= 15 is 0 Å². The third kappa shape index (κ3) is 4.06. The minimum Gasteiger partial charge on any atom is -0.341 e. The van der Waals surface area contributed by atoms with E-state index in [0.717, 1.165) is 25.4 Å². The van der Waals surface area contributed by atoms with Gasteiger partial charge in [-0.15, -0.1) is 0 Å². The maximum Gasteiger partial charge on any atom is 0.222 e. The number of likely N-dealkylation sites (tertiary alicyclic amines) is 2. The number of hydrogen-bond donors (Lipinski definition) is 0. The van der Waals surface area contributed by atoms with Gasteiger partial charge in [0.1, 0.15) is 0 Å². The summed E-state index contributed by atoms with van der Waals surface area (Å²) < 4.78 is 0. The zero-order chi connectivity index (χ0) is 16.4. The smallest absolute Gasteiger partial charge is 0.222 e. The van der Waals surface area contributed by atoms with Crippen LogP contribution in [0.4, 0.5) is 0 Å². The number of piperazine rings is 1. The van der Waals surface area contributed by atoms with E-state index in [-0.39, 0.29) is 0 Å². The standard InChI is InChI=1S/C18H34N4O/c1-15(2)21-8-10-22(11-9-21)17-13-20(14-17)12-16-6-4-5-7-18(23)19(16)3/h15-17H,4-14H2,1-3H3. The maximum absolute atomic E-state index is 12.0. The molecule has 23 heavy (non-hydrogen) atoms. The van der Waals surface area contributed by atoms with E-state index in [4.69, 9.17) is 0 Å². The second-order valence-corrected chi connectivity index (χ2v) is 7.94. The molecule has 0 bridgehead atoms. The summed E-state index contributed by atoms with van der Waals surface area (Å²) in [5.41, 5.74) is 0. The van der Waals surface area contributed by atoms with Gasteiger partial charge in [-0.1, -0.05) is 6.42 Å². The number of hydrogen-bond acceptors (Lipinski definition) is 4. The Morgan fingerprint density at radius 3 is 2.43 bits per heavy atom. The molecule has 3 fully saturated rings. The molecule has 3 aliphatic rings. The van der Waals surface area contributed by atoms with E-state index in [1.807, 2.05) is 11.9 Å². The van der Waals surface area contributed by atoms with Crippen molar-refractivity contribution >= 4 is 5.91 Å². The van der Waals surface area contributed by atoms with Gasteiger partial charge in [-0.05, 0) is 26.7 Å².